The highest BCUT2D eigenvalue weighted by Crippen LogP contribution is 2.45. The third kappa shape index (κ3) is 3.95. The third-order valence-electron chi connectivity index (χ3n) is 5.91. The van der Waals surface area contributed by atoms with Gasteiger partial charge in [0.15, 0.2) is 0 Å². The van der Waals surface area contributed by atoms with Crippen LogP contribution in [-0.2, 0) is 15.0 Å². The molecule has 1 N–H and O–H groups in total. The van der Waals surface area contributed by atoms with Crippen molar-refractivity contribution in [1.82, 2.24) is 0 Å². The number of para-hydroxylation sites is 1. The molecular weight excluding hydrogens is 434 g/mol. The van der Waals surface area contributed by atoms with Gasteiger partial charge in [-0.2, -0.15) is 0 Å². The van der Waals surface area contributed by atoms with E-state index in [4.69, 9.17) is 4.74 Å². The largest absolute Gasteiger partial charge is 0.507 e. The lowest BCUT2D eigenvalue weighted by atomic mass is 9.84. The van der Waals surface area contributed by atoms with Gasteiger partial charge in [0.1, 0.15) is 17.6 Å². The number of ketones is 1. The number of thiophene rings is 1. The lowest BCUT2D eigenvalue weighted by Gasteiger charge is -2.25. The van der Waals surface area contributed by atoms with Crippen LogP contribution in [0.5, 0.6) is 5.75 Å². The zero-order chi connectivity index (χ0) is 23.9. The average molecular weight is 462 g/mol. The first kappa shape index (κ1) is 22.8. The number of benzene rings is 2. The van der Waals surface area contributed by atoms with Crippen LogP contribution in [0, 0.1) is 6.92 Å². The molecule has 2 heterocycles. The van der Waals surface area contributed by atoms with E-state index in [0.717, 1.165) is 16.0 Å². The number of aliphatic hydroxyl groups is 1. The minimum atomic E-state index is -0.701. The van der Waals surface area contributed by atoms with E-state index in [1.165, 1.54) is 16.2 Å². The van der Waals surface area contributed by atoms with Gasteiger partial charge in [0.25, 0.3) is 11.7 Å². The van der Waals surface area contributed by atoms with Gasteiger partial charge in [-0.25, -0.2) is 0 Å². The summed E-state index contributed by atoms with van der Waals surface area (Å²) in [5.41, 5.74) is 2.80. The van der Waals surface area contributed by atoms with Crippen LogP contribution in [0.4, 0.5) is 5.69 Å². The molecule has 1 saturated heterocycles. The minimum absolute atomic E-state index is 0.0967. The Kier molecular flexibility index (Phi) is 5.89. The van der Waals surface area contributed by atoms with E-state index in [1.807, 2.05) is 42.6 Å². The summed E-state index contributed by atoms with van der Waals surface area (Å²) in [6, 6.07) is 15.7. The maximum atomic E-state index is 13.3. The number of amides is 1. The molecule has 3 aromatic rings. The maximum Gasteiger partial charge on any atom is 0.300 e. The van der Waals surface area contributed by atoms with Crippen molar-refractivity contribution in [2.45, 2.75) is 39.2 Å². The summed E-state index contributed by atoms with van der Waals surface area (Å²) in [4.78, 5) is 28.8. The van der Waals surface area contributed by atoms with Crippen LogP contribution in [0.15, 0.2) is 65.6 Å². The number of carbonyl (C=O) groups is 2. The molecule has 0 radical (unpaired) electrons. The smallest absolute Gasteiger partial charge is 0.300 e. The SMILES string of the molecule is COc1ccc(/C(O)=C2/C(=O)C(=O)N(c3ccccc3)C2c2sccc2C)cc1C(C)(C)C. The second-order valence-corrected chi connectivity index (χ2v) is 10.1. The zero-order valence-electron chi connectivity index (χ0n) is 19.4. The highest BCUT2D eigenvalue weighted by Gasteiger charge is 2.48. The van der Waals surface area contributed by atoms with Crippen LogP contribution in [0.2, 0.25) is 0 Å². The van der Waals surface area contributed by atoms with Gasteiger partial charge in [-0.15, -0.1) is 11.3 Å². The average Bonchev–Trinajstić information content (AvgIpc) is 3.33. The number of hydrogen-bond acceptors (Lipinski definition) is 5. The Balaban J connectivity index is 1.95. The van der Waals surface area contributed by atoms with Gasteiger partial charge in [-0.05, 0) is 59.7 Å². The van der Waals surface area contributed by atoms with Crippen molar-refractivity contribution in [3.05, 3.63) is 87.1 Å². The number of carbonyl (C=O) groups excluding carboxylic acids is 2. The topological polar surface area (TPSA) is 66.8 Å². The molecular formula is C27H27NO4S. The number of nitrogens with zero attached hydrogens (tertiary/aromatic N) is 1. The molecule has 1 unspecified atom stereocenters. The number of rotatable bonds is 4. The monoisotopic (exact) mass is 461 g/mol. The van der Waals surface area contributed by atoms with E-state index >= 15 is 0 Å². The Morgan fingerprint density at radius 1 is 1.06 bits per heavy atom. The van der Waals surface area contributed by atoms with E-state index in [2.05, 4.69) is 20.8 Å². The van der Waals surface area contributed by atoms with Gasteiger partial charge in [0, 0.05) is 21.7 Å². The molecule has 2 aromatic carbocycles. The van der Waals surface area contributed by atoms with Crippen molar-refractivity contribution in [2.24, 2.45) is 0 Å². The standard InChI is InChI=1S/C27H27NO4S/c1-16-13-14-33-25(16)22-21(24(30)26(31)28(22)18-9-7-6-8-10-18)23(29)17-11-12-20(32-5)19(15-17)27(2,3)4/h6-15,22,29H,1-5H3/b23-21-. The minimum Gasteiger partial charge on any atom is -0.507 e. The first-order valence-corrected chi connectivity index (χ1v) is 11.6. The lowest BCUT2D eigenvalue weighted by molar-refractivity contribution is -0.132. The molecule has 4 rings (SSSR count). The normalized spacial score (nSPS) is 18.1. The predicted octanol–water partition coefficient (Wildman–Crippen LogP) is 5.99. The van der Waals surface area contributed by atoms with E-state index in [9.17, 15) is 14.7 Å². The van der Waals surface area contributed by atoms with Crippen LogP contribution in [0.1, 0.15) is 48.4 Å². The molecule has 1 aromatic heterocycles. The molecule has 5 nitrogen and oxygen atoms in total. The van der Waals surface area contributed by atoms with E-state index in [0.29, 0.717) is 17.0 Å². The van der Waals surface area contributed by atoms with Gasteiger partial charge in [-0.1, -0.05) is 39.0 Å². The first-order chi connectivity index (χ1) is 15.6. The van der Waals surface area contributed by atoms with Gasteiger partial charge in [0.2, 0.25) is 0 Å². The fourth-order valence-electron chi connectivity index (χ4n) is 4.20. The van der Waals surface area contributed by atoms with Crippen molar-refractivity contribution in [2.75, 3.05) is 12.0 Å². The highest BCUT2D eigenvalue weighted by atomic mass is 32.1. The van der Waals surface area contributed by atoms with Gasteiger partial charge in [-0.3, -0.25) is 14.5 Å². The number of hydrogen-bond donors (Lipinski definition) is 1. The Labute approximate surface area is 197 Å². The Morgan fingerprint density at radius 2 is 1.76 bits per heavy atom. The molecule has 33 heavy (non-hydrogen) atoms. The Hall–Kier alpha value is -3.38. The maximum absolute atomic E-state index is 13.3. The summed E-state index contributed by atoms with van der Waals surface area (Å²) in [5.74, 6) is -0.820. The molecule has 0 bridgehead atoms. The van der Waals surface area contributed by atoms with Crippen molar-refractivity contribution in [3.63, 3.8) is 0 Å². The first-order valence-electron chi connectivity index (χ1n) is 10.7. The van der Waals surface area contributed by atoms with Crippen molar-refractivity contribution < 1.29 is 19.4 Å². The second kappa shape index (κ2) is 8.52. The number of Topliss-reactive ketones (excluding diaryl/α,β-unsaturated/α-hetero) is 1. The summed E-state index contributed by atoms with van der Waals surface area (Å²) < 4.78 is 5.52. The molecule has 6 heteroatoms. The van der Waals surface area contributed by atoms with Crippen LogP contribution in [-0.4, -0.2) is 23.9 Å². The van der Waals surface area contributed by atoms with E-state index in [1.54, 1.807) is 31.4 Å². The van der Waals surface area contributed by atoms with E-state index < -0.39 is 17.7 Å². The van der Waals surface area contributed by atoms with Crippen molar-refractivity contribution in [3.8, 4) is 5.75 Å². The summed E-state index contributed by atoms with van der Waals surface area (Å²) >= 11 is 1.47. The quantitative estimate of drug-likeness (QED) is 0.294. The molecule has 170 valence electrons. The van der Waals surface area contributed by atoms with Gasteiger partial charge in [0.05, 0.1) is 12.7 Å². The fourth-order valence-corrected chi connectivity index (χ4v) is 5.22. The number of aryl methyl sites for hydroxylation is 1. The van der Waals surface area contributed by atoms with Crippen LogP contribution in [0.3, 0.4) is 0 Å². The third-order valence-corrected chi connectivity index (χ3v) is 6.98. The van der Waals surface area contributed by atoms with Gasteiger partial charge >= 0.3 is 0 Å². The molecule has 1 fully saturated rings. The van der Waals surface area contributed by atoms with Gasteiger partial charge < -0.3 is 9.84 Å². The summed E-state index contributed by atoms with van der Waals surface area (Å²) in [7, 11) is 1.61. The van der Waals surface area contributed by atoms with Crippen LogP contribution < -0.4 is 9.64 Å². The molecule has 1 aliphatic rings. The molecule has 0 aliphatic carbocycles. The lowest BCUT2D eigenvalue weighted by Crippen LogP contribution is -2.29. The van der Waals surface area contributed by atoms with Crippen LogP contribution >= 0.6 is 11.3 Å². The predicted molar refractivity (Wildman–Crippen MR) is 132 cm³/mol. The van der Waals surface area contributed by atoms with Crippen molar-refractivity contribution >= 4 is 34.5 Å². The molecule has 1 amide bonds. The molecule has 1 aliphatic heterocycles. The van der Waals surface area contributed by atoms with E-state index in [-0.39, 0.29) is 16.7 Å². The molecule has 1 atom stereocenters. The Bertz CT molecular complexity index is 1250. The molecule has 0 saturated carbocycles. The number of ether oxygens (including phenoxy) is 1. The summed E-state index contributed by atoms with van der Waals surface area (Å²) in [6.45, 7) is 8.11. The molecule has 0 spiro atoms. The number of methoxy groups -OCH3 is 1. The second-order valence-electron chi connectivity index (χ2n) is 9.14. The number of aliphatic hydroxyl groups excluding tert-OH is 1. The summed E-state index contributed by atoms with van der Waals surface area (Å²) in [5, 5.41) is 13.4. The Morgan fingerprint density at radius 3 is 2.33 bits per heavy atom. The fraction of sp³-hybridized carbons (Fsp3) is 0.259. The van der Waals surface area contributed by atoms with Crippen LogP contribution in [0.25, 0.3) is 5.76 Å². The van der Waals surface area contributed by atoms with Crippen molar-refractivity contribution in [1.29, 1.82) is 0 Å². The summed E-state index contributed by atoms with van der Waals surface area (Å²) in [6.07, 6.45) is 0. The number of anilines is 1. The highest BCUT2D eigenvalue weighted by molar-refractivity contribution is 7.10. The zero-order valence-corrected chi connectivity index (χ0v) is 20.2.